The second kappa shape index (κ2) is 9.16. The number of fused-ring (bicyclic) bond motifs is 2. The number of ether oxygens (including phenoxy) is 1. The molecule has 194 valence electrons. The van der Waals surface area contributed by atoms with Gasteiger partial charge >= 0.3 is 7.75 Å². The summed E-state index contributed by atoms with van der Waals surface area (Å²) in [6, 6.07) is 9.16. The molecule has 5 unspecified atom stereocenters. The Kier molecular flexibility index (Phi) is 6.55. The van der Waals surface area contributed by atoms with E-state index in [1.54, 1.807) is 16.7 Å². The fraction of sp³-hybridized carbons (Fsp3) is 0.500. The molecule has 0 spiro atoms. The van der Waals surface area contributed by atoms with Crippen molar-refractivity contribution >= 4 is 54.7 Å². The van der Waals surface area contributed by atoms with Gasteiger partial charge in [-0.05, 0) is 46.2 Å². The van der Waals surface area contributed by atoms with Crippen LogP contribution in [0.25, 0.3) is 11.2 Å². The molecule has 0 aliphatic carbocycles. The molecule has 5 rings (SSSR count). The average Bonchev–Trinajstić information content (AvgIpc) is 3.30. The smallest absolute Gasteiger partial charge is 0.407 e. The maximum absolute atomic E-state index is 13.6. The van der Waals surface area contributed by atoms with Gasteiger partial charge in [0.2, 0.25) is 0 Å². The van der Waals surface area contributed by atoms with Crippen molar-refractivity contribution in [2.75, 3.05) is 17.4 Å². The van der Waals surface area contributed by atoms with E-state index in [1.165, 1.54) is 6.33 Å². The Labute approximate surface area is 218 Å². The Morgan fingerprint density at radius 1 is 1.25 bits per heavy atom. The van der Waals surface area contributed by atoms with Crippen molar-refractivity contribution in [3.63, 3.8) is 0 Å². The lowest BCUT2D eigenvalue weighted by Gasteiger charge is -2.41. The molecule has 0 radical (unpaired) electrons. The standard InChI is InChI=1S/C22H30BrN6O5PSi/c1-22(2,3)36(4,5)34-17-16-14(11-31-35(30,33-16)28-13-9-7-6-8-10-13)32-20(17)29-19-15(27-21(29)23)18(24)25-12-26-19/h6-10,12,14,16-17,20H,11H2,1-5H3,(H,28,30)(H2,24,25,26). The minimum absolute atomic E-state index is 0.0665. The van der Waals surface area contributed by atoms with E-state index >= 15 is 0 Å². The highest BCUT2D eigenvalue weighted by molar-refractivity contribution is 9.10. The molecule has 4 heterocycles. The molecular weight excluding hydrogens is 567 g/mol. The van der Waals surface area contributed by atoms with Crippen LogP contribution in [0.3, 0.4) is 0 Å². The normalized spacial score (nSPS) is 28.8. The van der Waals surface area contributed by atoms with Crippen LogP contribution in [0, 0.1) is 0 Å². The Balaban J connectivity index is 1.54. The number of halogens is 1. The summed E-state index contributed by atoms with van der Waals surface area (Å²) in [5.74, 6) is 0.257. The zero-order valence-corrected chi connectivity index (χ0v) is 24.2. The van der Waals surface area contributed by atoms with Gasteiger partial charge in [-0.25, -0.2) is 19.5 Å². The highest BCUT2D eigenvalue weighted by atomic mass is 79.9. The molecule has 3 aromatic rings. The van der Waals surface area contributed by atoms with Gasteiger partial charge in [-0.2, -0.15) is 0 Å². The topological polar surface area (TPSA) is 136 Å². The van der Waals surface area contributed by atoms with E-state index in [9.17, 15) is 4.57 Å². The molecule has 2 aliphatic heterocycles. The van der Waals surface area contributed by atoms with Crippen LogP contribution in [0.4, 0.5) is 11.5 Å². The summed E-state index contributed by atoms with van der Waals surface area (Å²) in [7, 11) is -6.03. The second-order valence-corrected chi connectivity index (χ2v) is 17.6. The first-order valence-corrected chi connectivity index (χ1v) is 16.9. The highest BCUT2D eigenvalue weighted by Gasteiger charge is 2.57. The van der Waals surface area contributed by atoms with Crippen molar-refractivity contribution in [3.05, 3.63) is 41.4 Å². The monoisotopic (exact) mass is 596 g/mol. The van der Waals surface area contributed by atoms with E-state index in [2.05, 4.69) is 69.8 Å². The van der Waals surface area contributed by atoms with Crippen LogP contribution in [0.2, 0.25) is 18.1 Å². The van der Waals surface area contributed by atoms with Crippen molar-refractivity contribution in [3.8, 4) is 0 Å². The van der Waals surface area contributed by atoms with Gasteiger partial charge < -0.3 is 14.9 Å². The number of imidazole rings is 1. The fourth-order valence-corrected chi connectivity index (χ4v) is 7.43. The number of benzene rings is 1. The Morgan fingerprint density at radius 2 is 1.97 bits per heavy atom. The van der Waals surface area contributed by atoms with Gasteiger partial charge in [0.05, 0.1) is 6.61 Å². The van der Waals surface area contributed by atoms with Crippen molar-refractivity contribution in [2.45, 2.75) is 63.4 Å². The largest absolute Gasteiger partial charge is 0.433 e. The third kappa shape index (κ3) is 4.62. The van der Waals surface area contributed by atoms with Crippen molar-refractivity contribution in [2.24, 2.45) is 0 Å². The summed E-state index contributed by atoms with van der Waals surface area (Å²) in [6.07, 6.45) is -1.10. The molecule has 0 bridgehead atoms. The van der Waals surface area contributed by atoms with Crippen LogP contribution in [-0.4, -0.2) is 52.8 Å². The Bertz CT molecular complexity index is 1320. The van der Waals surface area contributed by atoms with Crippen LogP contribution in [0.1, 0.15) is 27.0 Å². The first-order chi connectivity index (χ1) is 16.9. The molecule has 5 atom stereocenters. The van der Waals surface area contributed by atoms with Crippen LogP contribution < -0.4 is 10.8 Å². The van der Waals surface area contributed by atoms with Gasteiger partial charge in [0.15, 0.2) is 36.3 Å². The molecule has 2 fully saturated rings. The van der Waals surface area contributed by atoms with Gasteiger partial charge in [-0.1, -0.05) is 39.0 Å². The molecule has 2 aliphatic rings. The number of anilines is 2. The summed E-state index contributed by atoms with van der Waals surface area (Å²) in [5, 5.41) is 2.84. The quantitative estimate of drug-likeness (QED) is 0.233. The lowest BCUT2D eigenvalue weighted by Crippen LogP contribution is -2.50. The molecule has 0 saturated carbocycles. The average molecular weight is 597 g/mol. The number of aromatic nitrogens is 4. The number of nitrogens with two attached hydrogens (primary N) is 1. The summed E-state index contributed by atoms with van der Waals surface area (Å²) in [6.45, 7) is 10.8. The van der Waals surface area contributed by atoms with Crippen LogP contribution in [-0.2, 0) is 22.8 Å². The SMILES string of the molecule is CC(C)(C)[Si](C)(C)OC1C2OP(=O)(Nc3ccccc3)OCC2OC1n1c(Br)nc2c(N)ncnc21. The number of para-hydroxylation sites is 1. The molecule has 11 nitrogen and oxygen atoms in total. The van der Waals surface area contributed by atoms with Gasteiger partial charge in [0.25, 0.3) is 0 Å². The molecular formula is C22H30BrN6O5PSi. The van der Waals surface area contributed by atoms with Crippen molar-refractivity contribution in [1.29, 1.82) is 0 Å². The third-order valence-electron chi connectivity index (χ3n) is 6.95. The predicted octanol–water partition coefficient (Wildman–Crippen LogP) is 5.09. The molecule has 14 heteroatoms. The first-order valence-electron chi connectivity index (χ1n) is 11.6. The molecule has 36 heavy (non-hydrogen) atoms. The fourth-order valence-electron chi connectivity index (χ4n) is 4.04. The molecule has 2 aromatic heterocycles. The van der Waals surface area contributed by atoms with E-state index in [4.69, 9.17) is 23.9 Å². The third-order valence-corrected chi connectivity index (χ3v) is 13.5. The van der Waals surface area contributed by atoms with Gasteiger partial charge in [-0.15, -0.1) is 0 Å². The van der Waals surface area contributed by atoms with Crippen molar-refractivity contribution in [1.82, 2.24) is 19.5 Å². The van der Waals surface area contributed by atoms with E-state index in [0.717, 1.165) is 0 Å². The maximum Gasteiger partial charge on any atom is 0.433 e. The zero-order chi connectivity index (χ0) is 25.9. The molecule has 0 amide bonds. The Hall–Kier alpha value is -1.86. The predicted molar refractivity (Wildman–Crippen MR) is 142 cm³/mol. The number of hydrogen-bond acceptors (Lipinski definition) is 9. The molecule has 3 N–H and O–H groups in total. The highest BCUT2D eigenvalue weighted by Crippen LogP contribution is 2.57. The molecule has 1 aromatic carbocycles. The van der Waals surface area contributed by atoms with Gasteiger partial charge in [-0.3, -0.25) is 18.7 Å². The minimum Gasteiger partial charge on any atom is -0.407 e. The first kappa shape index (κ1) is 25.8. The van der Waals surface area contributed by atoms with E-state index < -0.39 is 40.6 Å². The summed E-state index contributed by atoms with van der Waals surface area (Å²) in [4.78, 5) is 13.0. The van der Waals surface area contributed by atoms with E-state index in [0.29, 0.717) is 21.6 Å². The lowest BCUT2D eigenvalue weighted by atomic mass is 10.1. The maximum atomic E-state index is 13.6. The van der Waals surface area contributed by atoms with Crippen molar-refractivity contribution < 1.29 is 22.8 Å². The number of rotatable bonds is 5. The van der Waals surface area contributed by atoms with E-state index in [-0.39, 0.29) is 17.5 Å². The summed E-state index contributed by atoms with van der Waals surface area (Å²) >= 11 is 3.53. The van der Waals surface area contributed by atoms with Crippen LogP contribution in [0.15, 0.2) is 41.4 Å². The number of nitrogen functional groups attached to an aromatic ring is 1. The van der Waals surface area contributed by atoms with Gasteiger partial charge in [0.1, 0.15) is 24.6 Å². The summed E-state index contributed by atoms with van der Waals surface area (Å²) in [5.41, 5.74) is 7.63. The zero-order valence-electron chi connectivity index (χ0n) is 20.7. The number of nitrogens with zero attached hydrogens (tertiary/aromatic N) is 4. The second-order valence-electron chi connectivity index (χ2n) is 10.4. The lowest BCUT2D eigenvalue weighted by molar-refractivity contribution is -0.0582. The Morgan fingerprint density at radius 3 is 2.67 bits per heavy atom. The minimum atomic E-state index is -3.70. The van der Waals surface area contributed by atoms with Gasteiger partial charge in [0, 0.05) is 5.69 Å². The van der Waals surface area contributed by atoms with Crippen LogP contribution in [0.5, 0.6) is 0 Å². The number of nitrogens with one attached hydrogen (secondary N) is 1. The molecule has 2 saturated heterocycles. The number of hydrogen-bond donors (Lipinski definition) is 2. The van der Waals surface area contributed by atoms with Crippen LogP contribution >= 0.6 is 23.7 Å². The van der Waals surface area contributed by atoms with E-state index in [1.807, 2.05) is 18.2 Å². The summed E-state index contributed by atoms with van der Waals surface area (Å²) < 4.78 is 41.1.